The molecule has 0 bridgehead atoms. The van der Waals surface area contributed by atoms with Crippen LogP contribution in [0.1, 0.15) is 21.6 Å². The largest absolute Gasteiger partial charge is 0.487 e. The molecule has 30 heavy (non-hydrogen) atoms. The highest BCUT2D eigenvalue weighted by Crippen LogP contribution is 2.38. The van der Waals surface area contributed by atoms with Crippen molar-refractivity contribution in [2.24, 2.45) is 0 Å². The van der Waals surface area contributed by atoms with E-state index in [0.717, 1.165) is 58.8 Å². The smallest absolute Gasteiger partial charge is 0.335 e. The highest BCUT2D eigenvalue weighted by Gasteiger charge is 2.21. The van der Waals surface area contributed by atoms with Crippen LogP contribution in [0.15, 0.2) is 66.9 Å². The van der Waals surface area contributed by atoms with Crippen molar-refractivity contribution in [1.82, 2.24) is 14.9 Å². The molecule has 0 radical (unpaired) electrons. The second-order valence-corrected chi connectivity index (χ2v) is 7.34. The maximum Gasteiger partial charge on any atom is 0.335 e. The Morgan fingerprint density at radius 3 is 2.90 bits per heavy atom. The van der Waals surface area contributed by atoms with E-state index in [-0.39, 0.29) is 0 Å². The molecular formula is C24H21N3O3. The summed E-state index contributed by atoms with van der Waals surface area (Å²) in [4.78, 5) is 15.8. The van der Waals surface area contributed by atoms with Gasteiger partial charge in [0.15, 0.2) is 0 Å². The van der Waals surface area contributed by atoms with Gasteiger partial charge in [0.1, 0.15) is 12.4 Å². The fourth-order valence-corrected chi connectivity index (χ4v) is 4.02. The molecule has 2 aromatic carbocycles. The Morgan fingerprint density at radius 2 is 2.07 bits per heavy atom. The van der Waals surface area contributed by atoms with Crippen molar-refractivity contribution < 1.29 is 14.6 Å². The van der Waals surface area contributed by atoms with Gasteiger partial charge in [-0.15, -0.1) is 0 Å². The molecule has 0 saturated heterocycles. The number of carbonyl (C=O) groups is 1. The van der Waals surface area contributed by atoms with E-state index in [1.165, 1.54) is 0 Å². The number of aromatic nitrogens is 2. The van der Waals surface area contributed by atoms with Crippen molar-refractivity contribution in [2.75, 3.05) is 6.54 Å². The van der Waals surface area contributed by atoms with Crippen LogP contribution in [0.3, 0.4) is 0 Å². The van der Waals surface area contributed by atoms with Crippen LogP contribution < -0.4 is 10.1 Å². The summed E-state index contributed by atoms with van der Waals surface area (Å²) in [6.07, 6.45) is 1.76. The quantitative estimate of drug-likeness (QED) is 0.541. The molecule has 1 aliphatic rings. The van der Waals surface area contributed by atoms with Gasteiger partial charge in [-0.2, -0.15) is 0 Å². The van der Waals surface area contributed by atoms with E-state index in [2.05, 4.69) is 27.0 Å². The fourth-order valence-electron chi connectivity index (χ4n) is 4.02. The summed E-state index contributed by atoms with van der Waals surface area (Å²) >= 11 is 0. The Hall–Kier alpha value is -3.64. The molecule has 6 nitrogen and oxygen atoms in total. The molecule has 6 heteroatoms. The highest BCUT2D eigenvalue weighted by atomic mass is 16.5. The maximum absolute atomic E-state index is 11.5. The third-order valence-corrected chi connectivity index (χ3v) is 5.45. The second kappa shape index (κ2) is 7.65. The maximum atomic E-state index is 11.5. The zero-order valence-corrected chi connectivity index (χ0v) is 16.3. The second-order valence-electron chi connectivity index (χ2n) is 7.34. The van der Waals surface area contributed by atoms with Crippen molar-refractivity contribution in [3.05, 3.63) is 83.7 Å². The van der Waals surface area contributed by atoms with Gasteiger partial charge in [-0.25, -0.2) is 4.79 Å². The molecule has 5 rings (SSSR count). The number of fused-ring (bicyclic) bond motifs is 5. The van der Waals surface area contributed by atoms with Gasteiger partial charge in [0, 0.05) is 42.3 Å². The summed E-state index contributed by atoms with van der Waals surface area (Å²) < 4.78 is 8.38. The van der Waals surface area contributed by atoms with Crippen molar-refractivity contribution in [1.29, 1.82) is 0 Å². The van der Waals surface area contributed by atoms with Gasteiger partial charge in [0.05, 0.1) is 17.0 Å². The van der Waals surface area contributed by atoms with Crippen LogP contribution in [0.5, 0.6) is 5.75 Å². The van der Waals surface area contributed by atoms with Gasteiger partial charge < -0.3 is 19.7 Å². The number of benzene rings is 2. The molecule has 0 spiro atoms. The molecular weight excluding hydrogens is 378 g/mol. The number of rotatable bonds is 4. The van der Waals surface area contributed by atoms with Crippen LogP contribution in [-0.2, 0) is 19.7 Å². The number of carboxylic acid groups (broad SMARTS) is 1. The van der Waals surface area contributed by atoms with E-state index in [9.17, 15) is 9.90 Å². The third kappa shape index (κ3) is 3.31. The minimum Gasteiger partial charge on any atom is -0.487 e. The normalized spacial score (nSPS) is 13.2. The molecule has 2 N–H and O–H groups in total. The van der Waals surface area contributed by atoms with Crippen LogP contribution in [0.25, 0.3) is 22.2 Å². The topological polar surface area (TPSA) is 76.4 Å². The average molecular weight is 399 g/mol. The number of hydrogen-bond donors (Lipinski definition) is 2. The van der Waals surface area contributed by atoms with Crippen LogP contribution >= 0.6 is 0 Å². The number of pyridine rings is 1. The fraction of sp³-hybridized carbons (Fsp3) is 0.167. The summed E-state index contributed by atoms with van der Waals surface area (Å²) in [5.41, 5.74) is 5.30. The summed E-state index contributed by atoms with van der Waals surface area (Å²) in [5.74, 6) is -0.124. The van der Waals surface area contributed by atoms with E-state index in [4.69, 9.17) is 4.74 Å². The van der Waals surface area contributed by atoms with Gasteiger partial charge >= 0.3 is 5.97 Å². The Balaban J connectivity index is 1.64. The van der Waals surface area contributed by atoms with Gasteiger partial charge in [-0.3, -0.25) is 4.98 Å². The van der Waals surface area contributed by atoms with Gasteiger partial charge in [0.2, 0.25) is 0 Å². The molecule has 150 valence electrons. The van der Waals surface area contributed by atoms with Crippen LogP contribution in [0, 0.1) is 0 Å². The Kier molecular flexibility index (Phi) is 4.69. The number of nitrogens with one attached hydrogen (secondary N) is 1. The van der Waals surface area contributed by atoms with E-state index in [0.29, 0.717) is 12.2 Å². The lowest BCUT2D eigenvalue weighted by Crippen LogP contribution is -2.23. The van der Waals surface area contributed by atoms with Crippen molar-refractivity contribution in [3.8, 4) is 17.0 Å². The predicted molar refractivity (Wildman–Crippen MR) is 115 cm³/mol. The number of carboxylic acids is 1. The Morgan fingerprint density at radius 1 is 1.13 bits per heavy atom. The van der Waals surface area contributed by atoms with Crippen LogP contribution in [0.2, 0.25) is 0 Å². The monoisotopic (exact) mass is 399 g/mol. The molecule has 0 saturated carbocycles. The molecule has 3 heterocycles. The van der Waals surface area contributed by atoms with Crippen LogP contribution in [-0.4, -0.2) is 27.2 Å². The number of hydrogen-bond acceptors (Lipinski definition) is 4. The lowest BCUT2D eigenvalue weighted by atomic mass is 10.0. The summed E-state index contributed by atoms with van der Waals surface area (Å²) in [5, 5.41) is 13.9. The number of nitrogens with zero attached hydrogens (tertiary/aromatic N) is 2. The van der Waals surface area contributed by atoms with E-state index in [1.54, 1.807) is 18.3 Å². The molecule has 1 aliphatic heterocycles. The zero-order chi connectivity index (χ0) is 20.5. The lowest BCUT2D eigenvalue weighted by molar-refractivity contribution is 0.0697. The SMILES string of the molecule is O=C(O)c1ccc2cc3n(c2c1)CCNCc1cccc(OCc2ccccn2)c1-3. The summed E-state index contributed by atoms with van der Waals surface area (Å²) in [7, 11) is 0. The standard InChI is InChI=1S/C24H21N3O3/c28-24(29)17-8-7-16-12-21-23-18(14-25-10-11-27(21)20(16)13-17)4-3-6-22(23)30-15-19-5-1-2-9-26-19/h1-9,12-13,25H,10-11,14-15H2,(H,28,29). The Bertz CT molecular complexity index is 1230. The molecule has 0 aliphatic carbocycles. The average Bonchev–Trinajstić information content (AvgIpc) is 3.10. The summed E-state index contributed by atoms with van der Waals surface area (Å²) in [6.45, 7) is 2.68. The third-order valence-electron chi connectivity index (χ3n) is 5.45. The molecule has 0 fully saturated rings. The van der Waals surface area contributed by atoms with Crippen molar-refractivity contribution >= 4 is 16.9 Å². The predicted octanol–water partition coefficient (Wildman–Crippen LogP) is 4.08. The number of ether oxygens (including phenoxy) is 1. The van der Waals surface area contributed by atoms with Gasteiger partial charge in [0.25, 0.3) is 0 Å². The zero-order valence-electron chi connectivity index (χ0n) is 16.3. The molecule has 0 atom stereocenters. The lowest BCUT2D eigenvalue weighted by Gasteiger charge is -2.21. The van der Waals surface area contributed by atoms with Gasteiger partial charge in [-0.1, -0.05) is 24.3 Å². The van der Waals surface area contributed by atoms with E-state index in [1.807, 2.05) is 36.4 Å². The Labute approximate surface area is 173 Å². The molecule has 2 aromatic heterocycles. The van der Waals surface area contributed by atoms with Crippen molar-refractivity contribution in [2.45, 2.75) is 19.7 Å². The first-order chi connectivity index (χ1) is 14.7. The molecule has 0 unspecified atom stereocenters. The first kappa shape index (κ1) is 18.4. The van der Waals surface area contributed by atoms with Crippen molar-refractivity contribution in [3.63, 3.8) is 0 Å². The minimum atomic E-state index is -0.920. The first-order valence-corrected chi connectivity index (χ1v) is 9.93. The molecule has 0 amide bonds. The summed E-state index contributed by atoms with van der Waals surface area (Å²) in [6, 6.07) is 19.3. The van der Waals surface area contributed by atoms with E-state index < -0.39 is 5.97 Å². The minimum absolute atomic E-state index is 0.290. The number of aromatic carboxylic acids is 1. The van der Waals surface area contributed by atoms with E-state index >= 15 is 0 Å². The van der Waals surface area contributed by atoms with Crippen LogP contribution in [0.4, 0.5) is 0 Å². The highest BCUT2D eigenvalue weighted by molar-refractivity contribution is 5.96. The molecule has 4 aromatic rings. The first-order valence-electron chi connectivity index (χ1n) is 9.93. The van der Waals surface area contributed by atoms with Gasteiger partial charge in [-0.05, 0) is 42.0 Å².